The monoisotopic (exact) mass is 208 g/mol. The predicted octanol–water partition coefficient (Wildman–Crippen LogP) is 1.57. The number of hydrogen-bond acceptors (Lipinski definition) is 3. The molecular weight excluding hydrogens is 188 g/mol. The van der Waals surface area contributed by atoms with Crippen molar-refractivity contribution >= 4 is 0 Å². The van der Waals surface area contributed by atoms with E-state index < -0.39 is 0 Å². The molecule has 0 saturated heterocycles. The van der Waals surface area contributed by atoms with Crippen LogP contribution in [0.3, 0.4) is 0 Å². The molecule has 0 fully saturated rings. The lowest BCUT2D eigenvalue weighted by molar-refractivity contribution is 0.305. The van der Waals surface area contributed by atoms with Gasteiger partial charge in [-0.15, -0.1) is 0 Å². The van der Waals surface area contributed by atoms with Crippen LogP contribution in [-0.2, 0) is 0 Å². The summed E-state index contributed by atoms with van der Waals surface area (Å²) >= 11 is 0. The third-order valence-corrected chi connectivity index (χ3v) is 2.65. The fraction of sp³-hybridized carbons (Fsp3) is 0.500. The van der Waals surface area contributed by atoms with Crippen molar-refractivity contribution in [1.82, 2.24) is 4.90 Å². The van der Waals surface area contributed by atoms with Gasteiger partial charge in [0.15, 0.2) is 0 Å². The van der Waals surface area contributed by atoms with Crippen LogP contribution in [0.25, 0.3) is 0 Å². The number of nitrogens with two attached hydrogens (primary N) is 1. The molecule has 0 aliphatic rings. The van der Waals surface area contributed by atoms with E-state index in [0.29, 0.717) is 6.54 Å². The Kier molecular flexibility index (Phi) is 4.12. The van der Waals surface area contributed by atoms with Crippen LogP contribution in [0.4, 0.5) is 0 Å². The molecule has 0 bridgehead atoms. The smallest absolute Gasteiger partial charge is 0.121 e. The highest BCUT2D eigenvalue weighted by Crippen LogP contribution is 2.24. The highest BCUT2D eigenvalue weighted by atomic mass is 16.5. The maximum absolute atomic E-state index is 5.75. The molecule has 0 heterocycles. The Morgan fingerprint density at radius 1 is 1.40 bits per heavy atom. The summed E-state index contributed by atoms with van der Waals surface area (Å²) in [6, 6.07) is 6.48. The Bertz CT molecular complexity index is 323. The Morgan fingerprint density at radius 3 is 2.47 bits per heavy atom. The summed E-state index contributed by atoms with van der Waals surface area (Å²) < 4.78 is 5.23. The Hall–Kier alpha value is -1.06. The molecule has 0 saturated carbocycles. The minimum absolute atomic E-state index is 0.273. The van der Waals surface area contributed by atoms with Gasteiger partial charge < -0.3 is 15.4 Å². The number of benzene rings is 1. The van der Waals surface area contributed by atoms with Crippen LogP contribution in [0.5, 0.6) is 5.75 Å². The van der Waals surface area contributed by atoms with E-state index >= 15 is 0 Å². The van der Waals surface area contributed by atoms with Gasteiger partial charge in [0.1, 0.15) is 5.75 Å². The SMILES string of the molecule is COc1ccc(C(CN)N(C)C)cc1C. The summed E-state index contributed by atoms with van der Waals surface area (Å²) in [5.74, 6) is 0.924. The van der Waals surface area contributed by atoms with Crippen molar-refractivity contribution in [3.63, 3.8) is 0 Å². The standard InChI is InChI=1S/C12H20N2O/c1-9-7-10(5-6-12(9)15-4)11(8-13)14(2)3/h5-7,11H,8,13H2,1-4H3. The van der Waals surface area contributed by atoms with Gasteiger partial charge in [-0.3, -0.25) is 0 Å². The molecule has 0 radical (unpaired) electrons. The van der Waals surface area contributed by atoms with E-state index in [1.54, 1.807) is 7.11 Å². The van der Waals surface area contributed by atoms with E-state index in [1.807, 2.05) is 27.1 Å². The molecule has 0 aromatic heterocycles. The molecule has 1 rings (SSSR count). The number of rotatable bonds is 4. The second-order valence-electron chi connectivity index (χ2n) is 3.94. The molecule has 2 N–H and O–H groups in total. The highest BCUT2D eigenvalue weighted by Gasteiger charge is 2.12. The summed E-state index contributed by atoms with van der Waals surface area (Å²) in [7, 11) is 5.77. The van der Waals surface area contributed by atoms with E-state index in [1.165, 1.54) is 5.56 Å². The molecule has 84 valence electrons. The van der Waals surface area contributed by atoms with Crippen LogP contribution in [0, 0.1) is 6.92 Å². The zero-order valence-corrected chi connectivity index (χ0v) is 9.95. The van der Waals surface area contributed by atoms with Crippen molar-refractivity contribution in [2.45, 2.75) is 13.0 Å². The van der Waals surface area contributed by atoms with E-state index in [9.17, 15) is 0 Å². The van der Waals surface area contributed by atoms with Crippen LogP contribution < -0.4 is 10.5 Å². The lowest BCUT2D eigenvalue weighted by atomic mass is 10.0. The molecule has 1 atom stereocenters. The summed E-state index contributed by atoms with van der Waals surface area (Å²) in [6.07, 6.45) is 0. The first-order valence-corrected chi connectivity index (χ1v) is 5.11. The predicted molar refractivity (Wildman–Crippen MR) is 63.2 cm³/mol. The lowest BCUT2D eigenvalue weighted by Crippen LogP contribution is -2.27. The fourth-order valence-electron chi connectivity index (χ4n) is 1.75. The van der Waals surface area contributed by atoms with Crippen molar-refractivity contribution < 1.29 is 4.74 Å². The number of likely N-dealkylation sites (N-methyl/N-ethyl adjacent to an activating group) is 1. The van der Waals surface area contributed by atoms with Gasteiger partial charge in [0.25, 0.3) is 0 Å². The largest absolute Gasteiger partial charge is 0.496 e. The molecule has 1 unspecified atom stereocenters. The van der Waals surface area contributed by atoms with Crippen LogP contribution >= 0.6 is 0 Å². The normalized spacial score (nSPS) is 12.9. The van der Waals surface area contributed by atoms with E-state index in [2.05, 4.69) is 17.0 Å². The van der Waals surface area contributed by atoms with Gasteiger partial charge in [0.2, 0.25) is 0 Å². The Morgan fingerprint density at radius 2 is 2.07 bits per heavy atom. The summed E-state index contributed by atoms with van der Waals surface area (Å²) in [4.78, 5) is 2.13. The maximum Gasteiger partial charge on any atom is 0.121 e. The Labute approximate surface area is 91.8 Å². The van der Waals surface area contributed by atoms with E-state index in [-0.39, 0.29) is 6.04 Å². The fourth-order valence-corrected chi connectivity index (χ4v) is 1.75. The van der Waals surface area contributed by atoms with Crippen LogP contribution in [0.1, 0.15) is 17.2 Å². The van der Waals surface area contributed by atoms with Gasteiger partial charge in [-0.2, -0.15) is 0 Å². The van der Waals surface area contributed by atoms with Gasteiger partial charge in [-0.05, 0) is 38.2 Å². The van der Waals surface area contributed by atoms with Gasteiger partial charge in [0.05, 0.1) is 7.11 Å². The molecule has 0 aliphatic carbocycles. The molecule has 1 aromatic rings. The van der Waals surface area contributed by atoms with E-state index in [0.717, 1.165) is 11.3 Å². The van der Waals surface area contributed by atoms with Crippen molar-refractivity contribution in [1.29, 1.82) is 0 Å². The molecular formula is C12H20N2O. The topological polar surface area (TPSA) is 38.5 Å². The summed E-state index contributed by atoms with van der Waals surface area (Å²) in [5.41, 5.74) is 8.14. The van der Waals surface area contributed by atoms with Crippen LogP contribution in [0.15, 0.2) is 18.2 Å². The molecule has 0 spiro atoms. The van der Waals surface area contributed by atoms with Gasteiger partial charge in [-0.25, -0.2) is 0 Å². The van der Waals surface area contributed by atoms with Crippen molar-refractivity contribution in [2.24, 2.45) is 5.73 Å². The Balaban J connectivity index is 3.00. The number of ether oxygens (including phenoxy) is 1. The van der Waals surface area contributed by atoms with Crippen molar-refractivity contribution in [3.8, 4) is 5.75 Å². The van der Waals surface area contributed by atoms with Crippen molar-refractivity contribution in [3.05, 3.63) is 29.3 Å². The number of aryl methyl sites for hydroxylation is 1. The third-order valence-electron chi connectivity index (χ3n) is 2.65. The van der Waals surface area contributed by atoms with E-state index in [4.69, 9.17) is 10.5 Å². The first kappa shape index (κ1) is 12.0. The van der Waals surface area contributed by atoms with Crippen LogP contribution in [0.2, 0.25) is 0 Å². The van der Waals surface area contributed by atoms with Crippen LogP contribution in [-0.4, -0.2) is 32.6 Å². The quantitative estimate of drug-likeness (QED) is 0.816. The minimum Gasteiger partial charge on any atom is -0.496 e. The average molecular weight is 208 g/mol. The first-order valence-electron chi connectivity index (χ1n) is 5.11. The minimum atomic E-state index is 0.273. The number of nitrogens with zero attached hydrogens (tertiary/aromatic N) is 1. The zero-order valence-electron chi connectivity index (χ0n) is 9.95. The molecule has 3 heteroatoms. The summed E-state index contributed by atoms with van der Waals surface area (Å²) in [5, 5.41) is 0. The first-order chi connectivity index (χ1) is 7.10. The van der Waals surface area contributed by atoms with Gasteiger partial charge in [0, 0.05) is 12.6 Å². The van der Waals surface area contributed by atoms with Crippen molar-refractivity contribution in [2.75, 3.05) is 27.7 Å². The second kappa shape index (κ2) is 5.14. The maximum atomic E-state index is 5.75. The number of hydrogen-bond donors (Lipinski definition) is 1. The lowest BCUT2D eigenvalue weighted by Gasteiger charge is -2.23. The molecule has 3 nitrogen and oxygen atoms in total. The second-order valence-corrected chi connectivity index (χ2v) is 3.94. The zero-order chi connectivity index (χ0) is 11.4. The molecule has 0 aliphatic heterocycles. The average Bonchev–Trinajstić information content (AvgIpc) is 2.18. The highest BCUT2D eigenvalue weighted by molar-refractivity contribution is 5.37. The molecule has 15 heavy (non-hydrogen) atoms. The molecule has 0 amide bonds. The van der Waals surface area contributed by atoms with Gasteiger partial charge >= 0.3 is 0 Å². The van der Waals surface area contributed by atoms with Gasteiger partial charge in [-0.1, -0.05) is 12.1 Å². The molecule has 1 aromatic carbocycles. The number of methoxy groups -OCH3 is 1. The third kappa shape index (κ3) is 2.70. The summed E-state index contributed by atoms with van der Waals surface area (Å²) in [6.45, 7) is 2.67.